The molecule has 6 heterocycles. The number of thioether (sulfide) groups is 1. The number of aromatic nitrogens is 2. The van der Waals surface area contributed by atoms with Gasteiger partial charge in [0.2, 0.25) is 17.7 Å². The molecule has 0 radical (unpaired) electrons. The lowest BCUT2D eigenvalue weighted by Crippen LogP contribution is -2.55. The topological polar surface area (TPSA) is 287 Å². The van der Waals surface area contributed by atoms with Crippen LogP contribution in [-0.4, -0.2) is 195 Å². The van der Waals surface area contributed by atoms with Crippen LogP contribution in [0.15, 0.2) is 152 Å². The van der Waals surface area contributed by atoms with Gasteiger partial charge in [0.1, 0.15) is 29.2 Å². The number of sulfone groups is 1. The van der Waals surface area contributed by atoms with Crippen LogP contribution in [0, 0.1) is 11.3 Å². The van der Waals surface area contributed by atoms with Gasteiger partial charge in [0.25, 0.3) is 31.6 Å². The second kappa shape index (κ2) is 34.5. The number of ether oxygens (including phenoxy) is 2. The Labute approximate surface area is 640 Å². The number of aliphatic hydroxyl groups excluding tert-OH is 2. The molecule has 0 unspecified atom stereocenters. The Morgan fingerprint density at radius 3 is 2.36 bits per heavy atom. The minimum Gasteiger partial charge on any atom is -0.487 e. The van der Waals surface area contributed by atoms with Gasteiger partial charge >= 0.3 is 5.51 Å². The van der Waals surface area contributed by atoms with Crippen molar-refractivity contribution in [2.24, 2.45) is 11.3 Å². The smallest absolute Gasteiger partial charge is 0.487 e. The van der Waals surface area contributed by atoms with E-state index in [1.807, 2.05) is 84.1 Å². The largest absolute Gasteiger partial charge is 0.501 e. The maximum absolute atomic E-state index is 14.6. The molecule has 12 rings (SSSR count). The van der Waals surface area contributed by atoms with Crippen LogP contribution in [-0.2, 0) is 47.4 Å². The predicted octanol–water partition coefficient (Wildman–Crippen LogP) is 11.3. The lowest BCUT2D eigenvalue weighted by atomic mass is 9.72. The highest BCUT2D eigenvalue weighted by molar-refractivity contribution is 7.99. The summed E-state index contributed by atoms with van der Waals surface area (Å²) in [7, 11) is -11.2. The van der Waals surface area contributed by atoms with Gasteiger partial charge in [0, 0.05) is 129 Å². The highest BCUT2D eigenvalue weighted by Gasteiger charge is 2.49. The first-order valence-corrected chi connectivity index (χ1v) is 41.5. The van der Waals surface area contributed by atoms with E-state index in [0.29, 0.717) is 101 Å². The average Bonchev–Trinajstić information content (AvgIpc) is 0.930. The van der Waals surface area contributed by atoms with Gasteiger partial charge in [-0.2, -0.15) is 13.2 Å². The summed E-state index contributed by atoms with van der Waals surface area (Å²) < 4.78 is 118. The highest BCUT2D eigenvalue weighted by Crippen LogP contribution is 2.45. The molecule has 4 aliphatic heterocycles. The molecule has 3 fully saturated rings. The number of halogens is 4. The first-order valence-electron chi connectivity index (χ1n) is 36.3. The third-order valence-electron chi connectivity index (χ3n) is 20.6. The molecular weight excluding hydrogens is 1490 g/mol. The number of alkyl halides is 3. The number of hydrogen-bond acceptors (Lipinski definition) is 21. The summed E-state index contributed by atoms with van der Waals surface area (Å²) in [5, 5.41) is 32.1. The SMILES string of the molecule is CC(C)[C@@H](C(=O)N1C[C@H](O)C[C@H]1C(=O)NCc1ccc2c(c1)OCc1ncsc1-2)c1cc(OCCCCC(=O)N2CCN(CC[C@H](CSc3ccccc3)Nc3ccc(S(=O)(=O)NC(=O)c4ccc(N5CCN(CC6=C(c7ccc(Cl)cc7)CCC(C)(C)C6)C[C@@H]5CO)cc4)cc3S(=O)(=O)C(F)(F)F)CC2)no1. The van der Waals surface area contributed by atoms with Gasteiger partial charge in [0.15, 0.2) is 5.76 Å². The molecule has 7 aromatic rings. The number of anilines is 2. The number of β-amino-alcohol motifs (C(OH)–C–C–N with tert-alkyl or cyclic N) is 1. The molecule has 23 nitrogen and oxygen atoms in total. The van der Waals surface area contributed by atoms with E-state index in [1.54, 1.807) is 28.6 Å². The second-order valence-corrected chi connectivity index (χ2v) is 35.2. The van der Waals surface area contributed by atoms with E-state index in [1.165, 1.54) is 51.3 Å². The summed E-state index contributed by atoms with van der Waals surface area (Å²) >= 11 is 9.16. The lowest BCUT2D eigenvalue weighted by molar-refractivity contribution is -0.141. The number of hydrogen-bond donors (Lipinski definition) is 5. The number of unbranched alkanes of at least 4 members (excludes halogenated alkanes) is 1. The lowest BCUT2D eigenvalue weighted by Gasteiger charge is -2.43. The number of piperazine rings is 2. The molecule has 0 bridgehead atoms. The van der Waals surface area contributed by atoms with E-state index in [9.17, 15) is 59.4 Å². The predicted molar refractivity (Wildman–Crippen MR) is 407 cm³/mol. The van der Waals surface area contributed by atoms with Crippen molar-refractivity contribution in [2.45, 2.75) is 143 Å². The fraction of sp³-hybridized carbons (Fsp3) is 0.455. The second-order valence-electron chi connectivity index (χ2n) is 29.2. The van der Waals surface area contributed by atoms with Crippen LogP contribution in [0.4, 0.5) is 24.5 Å². The van der Waals surface area contributed by atoms with Crippen LogP contribution in [0.2, 0.25) is 5.02 Å². The van der Waals surface area contributed by atoms with E-state index in [-0.39, 0.29) is 85.4 Å². The average molecular weight is 1580 g/mol. The van der Waals surface area contributed by atoms with Crippen molar-refractivity contribution in [3.8, 4) is 22.1 Å². The number of allylic oxidation sites excluding steroid dienone is 1. The Hall–Kier alpha value is -8.07. The Morgan fingerprint density at radius 1 is 0.880 bits per heavy atom. The molecule has 4 amide bonds. The summed E-state index contributed by atoms with van der Waals surface area (Å²) in [4.78, 5) is 68.8. The summed E-state index contributed by atoms with van der Waals surface area (Å²) in [6, 6.07) is 30.8. The monoisotopic (exact) mass is 1580 g/mol. The van der Waals surface area contributed by atoms with Gasteiger partial charge in [0.05, 0.1) is 52.0 Å². The number of carbonyl (C=O) groups is 4. The Balaban J connectivity index is 0.612. The van der Waals surface area contributed by atoms with Crippen molar-refractivity contribution in [1.29, 1.82) is 0 Å². The van der Waals surface area contributed by atoms with E-state index < -0.39 is 82.7 Å². The van der Waals surface area contributed by atoms with Gasteiger partial charge in [-0.25, -0.2) is 26.5 Å². The normalized spacial score (nSPS) is 19.1. The molecule has 108 heavy (non-hydrogen) atoms. The Kier molecular flexibility index (Phi) is 25.4. The van der Waals surface area contributed by atoms with Crippen molar-refractivity contribution in [3.05, 3.63) is 166 Å². The number of sulfonamides is 1. The third kappa shape index (κ3) is 19.2. The quantitative estimate of drug-likeness (QED) is 0.0215. The van der Waals surface area contributed by atoms with Crippen LogP contribution >= 0.6 is 34.7 Å². The van der Waals surface area contributed by atoms with E-state index >= 15 is 0 Å². The molecule has 3 saturated heterocycles. The number of benzene rings is 5. The minimum atomic E-state index is -6.21. The van der Waals surface area contributed by atoms with Crippen molar-refractivity contribution in [3.63, 3.8) is 0 Å². The van der Waals surface area contributed by atoms with Gasteiger partial charge in [-0.05, 0) is 151 Å². The molecule has 5 aromatic carbocycles. The van der Waals surface area contributed by atoms with Crippen LogP contribution in [0.25, 0.3) is 16.0 Å². The summed E-state index contributed by atoms with van der Waals surface area (Å²) in [5.74, 6) is -1.77. The zero-order valence-electron chi connectivity index (χ0n) is 60.5. The number of aliphatic hydroxyl groups is 2. The number of rotatable bonds is 29. The maximum atomic E-state index is 14.6. The first kappa shape index (κ1) is 79.5. The minimum absolute atomic E-state index is 0.0365. The zero-order chi connectivity index (χ0) is 76.7. The fourth-order valence-corrected chi connectivity index (χ4v) is 18.7. The molecule has 0 saturated carbocycles. The molecule has 5 N–H and O–H groups in total. The third-order valence-corrected chi connectivity index (χ3v) is 25.8. The zero-order valence-corrected chi connectivity index (χ0v) is 64.5. The Bertz CT molecular complexity index is 4620. The van der Waals surface area contributed by atoms with Crippen molar-refractivity contribution in [1.82, 2.24) is 39.8 Å². The molecule has 2 aromatic heterocycles. The maximum Gasteiger partial charge on any atom is 0.501 e. The summed E-state index contributed by atoms with van der Waals surface area (Å²) in [6.45, 7) is 13.4. The number of likely N-dealkylation sites (tertiary alicyclic amines) is 1. The molecule has 0 spiro atoms. The van der Waals surface area contributed by atoms with E-state index in [4.69, 9.17) is 25.6 Å². The number of thiazole rings is 1. The van der Waals surface area contributed by atoms with Crippen LogP contribution in [0.3, 0.4) is 0 Å². The number of nitrogens with one attached hydrogen (secondary N) is 3. The van der Waals surface area contributed by atoms with Gasteiger partial charge in [-0.3, -0.25) is 29.0 Å². The number of carbonyl (C=O) groups excluding carboxylic acids is 4. The Morgan fingerprint density at radius 2 is 1.63 bits per heavy atom. The van der Waals surface area contributed by atoms with E-state index in [0.717, 1.165) is 70.1 Å². The van der Waals surface area contributed by atoms with Crippen molar-refractivity contribution in [2.75, 3.05) is 94.6 Å². The molecule has 5 atom stereocenters. The molecule has 5 aliphatic rings. The molecule has 1 aliphatic carbocycles. The van der Waals surface area contributed by atoms with Gasteiger partial charge < -0.3 is 49.5 Å². The van der Waals surface area contributed by atoms with Crippen LogP contribution in [0.5, 0.6) is 11.6 Å². The van der Waals surface area contributed by atoms with E-state index in [2.05, 4.69) is 56.6 Å². The number of fused-ring (bicyclic) bond motifs is 3. The summed E-state index contributed by atoms with van der Waals surface area (Å²) in [6.07, 6.45) is 3.57. The molecule has 31 heteroatoms. The number of amides is 4. The summed E-state index contributed by atoms with van der Waals surface area (Å²) in [5.41, 5.74) is 2.59. The number of nitrogens with zero attached hydrogens (tertiary/aromatic N) is 7. The van der Waals surface area contributed by atoms with Crippen molar-refractivity contribution < 1.29 is 73.4 Å². The molecular formula is C77H90ClF3N10O13S4. The highest BCUT2D eigenvalue weighted by atomic mass is 35.5. The van der Waals surface area contributed by atoms with Gasteiger partial charge in [-0.15, -0.1) is 23.1 Å². The van der Waals surface area contributed by atoms with Crippen molar-refractivity contribution >= 4 is 95.1 Å². The van der Waals surface area contributed by atoms with Gasteiger partial charge in [-0.1, -0.05) is 81.3 Å². The standard InChI is InChI=1S/C77H90ClF3N10O13S4/c1-49(2)71(75(97)91-44-58(93)37-65(91)74(96)82-41-50-13-23-62-66(36-50)103-46-64-72(62)106-48-83-64)67-39-69(85-104-67)102-35-9-8-12-70(94)89-32-29-87(30-33-89)28-26-55(47-105-59-10-6-5-7-11-59)84-63-24-22-60(38-68(63)107(98,99)77(79,80)81)108(100,101)86-73(95)52-16-20-56(21-17-52)90-34-31-88(43-57(90)45-92)42-53-40-76(3,4)27-25-61(53)51-14-18-54(78)19-15-51/h5-7,10-11,13-24,36,38-39,48-49,55,57-58,65,71,84,92-93H,8-9,12,25-35,37,40-47H2,1-4H3,(H,82,96)(H,86,95)/t55-,57-,58-,65+,71-/m1/s1. The first-order chi connectivity index (χ1) is 51.6. The van der Waals surface area contributed by atoms with Crippen LogP contribution < -0.4 is 29.7 Å². The van der Waals surface area contributed by atoms with Crippen LogP contribution in [0.1, 0.15) is 118 Å². The fourth-order valence-electron chi connectivity index (χ4n) is 14.7. The molecule has 578 valence electrons.